The average molecular weight is 555 g/mol. The summed E-state index contributed by atoms with van der Waals surface area (Å²) in [5.41, 5.74) is 6.34. The zero-order chi connectivity index (χ0) is 18.4. The number of anilines is 1. The number of aliphatic hydroxyl groups is 1. The highest BCUT2D eigenvalue weighted by molar-refractivity contribution is 14.0. The Balaban J connectivity index is 0.00000338. The number of halogens is 3. The van der Waals surface area contributed by atoms with Crippen LogP contribution in [0.3, 0.4) is 0 Å². The molecule has 2 aromatic carbocycles. The van der Waals surface area contributed by atoms with Crippen LogP contribution in [0.15, 0.2) is 51.9 Å². The van der Waals surface area contributed by atoms with Gasteiger partial charge in [-0.05, 0) is 42.3 Å². The highest BCUT2D eigenvalue weighted by Gasteiger charge is 2.26. The zero-order valence-electron chi connectivity index (χ0n) is 14.5. The van der Waals surface area contributed by atoms with E-state index in [9.17, 15) is 5.11 Å². The van der Waals surface area contributed by atoms with Gasteiger partial charge in [0.1, 0.15) is 11.4 Å². The monoisotopic (exact) mass is 553 g/mol. The van der Waals surface area contributed by atoms with Crippen LogP contribution in [0.5, 0.6) is 5.75 Å². The summed E-state index contributed by atoms with van der Waals surface area (Å²) in [6.07, 6.45) is 0.514. The van der Waals surface area contributed by atoms with E-state index >= 15 is 0 Å². The van der Waals surface area contributed by atoms with Crippen molar-refractivity contribution in [3.05, 3.63) is 57.5 Å². The van der Waals surface area contributed by atoms with E-state index in [1.54, 1.807) is 25.3 Å². The molecule has 1 atom stereocenters. The molecule has 2 aromatic rings. The van der Waals surface area contributed by atoms with Crippen molar-refractivity contribution in [3.63, 3.8) is 0 Å². The molecule has 0 saturated carbocycles. The third-order valence-corrected chi connectivity index (χ3v) is 4.73. The molecule has 142 valence electrons. The fraction of sp³-hybridized carbons (Fsp3) is 0.278. The molecule has 0 aliphatic rings. The van der Waals surface area contributed by atoms with Crippen molar-refractivity contribution in [2.24, 2.45) is 10.7 Å². The average Bonchev–Trinajstić information content (AvgIpc) is 2.60. The fourth-order valence-electron chi connectivity index (χ4n) is 2.31. The van der Waals surface area contributed by atoms with Crippen molar-refractivity contribution in [2.45, 2.75) is 18.9 Å². The molecule has 0 amide bonds. The van der Waals surface area contributed by atoms with Crippen LogP contribution < -0.4 is 15.8 Å². The van der Waals surface area contributed by atoms with Crippen LogP contribution in [0.4, 0.5) is 5.69 Å². The molecule has 4 N–H and O–H groups in total. The largest absolute Gasteiger partial charge is 0.495 e. The lowest BCUT2D eigenvalue weighted by Crippen LogP contribution is -2.31. The second kappa shape index (κ2) is 10.3. The lowest BCUT2D eigenvalue weighted by molar-refractivity contribution is 0.0424. The van der Waals surface area contributed by atoms with Gasteiger partial charge in [-0.25, -0.2) is 4.99 Å². The summed E-state index contributed by atoms with van der Waals surface area (Å²) in [7, 11) is 1.55. The molecule has 0 radical (unpaired) electrons. The summed E-state index contributed by atoms with van der Waals surface area (Å²) in [5, 5.41) is 14.3. The van der Waals surface area contributed by atoms with Crippen molar-refractivity contribution in [1.29, 1.82) is 0 Å². The molecule has 0 aliphatic carbocycles. The number of nitrogens with one attached hydrogen (secondary N) is 1. The van der Waals surface area contributed by atoms with Crippen molar-refractivity contribution in [3.8, 4) is 5.75 Å². The lowest BCUT2D eigenvalue weighted by atomic mass is 9.91. The summed E-state index contributed by atoms with van der Waals surface area (Å²) in [4.78, 5) is 4.28. The van der Waals surface area contributed by atoms with Crippen molar-refractivity contribution in [1.82, 2.24) is 0 Å². The van der Waals surface area contributed by atoms with Crippen LogP contribution in [-0.4, -0.2) is 24.7 Å². The van der Waals surface area contributed by atoms with Gasteiger partial charge >= 0.3 is 0 Å². The van der Waals surface area contributed by atoms with E-state index in [2.05, 4.69) is 26.2 Å². The predicted octanol–water partition coefficient (Wildman–Crippen LogP) is 4.75. The van der Waals surface area contributed by atoms with Gasteiger partial charge in [-0.1, -0.05) is 46.6 Å². The van der Waals surface area contributed by atoms with Crippen LogP contribution in [0.25, 0.3) is 0 Å². The number of aliphatic imine (C=N–C) groups is 1. The molecule has 0 bridgehead atoms. The third kappa shape index (κ3) is 6.00. The van der Waals surface area contributed by atoms with Crippen LogP contribution >= 0.6 is 51.5 Å². The number of nitrogens with zero attached hydrogens (tertiary/aromatic N) is 1. The lowest BCUT2D eigenvalue weighted by Gasteiger charge is -2.25. The molecule has 0 saturated heterocycles. The minimum absolute atomic E-state index is 0. The number of hydrogen-bond donors (Lipinski definition) is 3. The molecule has 0 fully saturated rings. The zero-order valence-corrected chi connectivity index (χ0v) is 19.2. The Morgan fingerprint density at radius 1 is 1.31 bits per heavy atom. The van der Waals surface area contributed by atoms with Crippen LogP contribution in [0.2, 0.25) is 5.02 Å². The molecular formula is C18H22BrClIN3O2. The van der Waals surface area contributed by atoms with E-state index < -0.39 is 5.60 Å². The molecule has 1 unspecified atom stereocenters. The second-order valence-electron chi connectivity index (χ2n) is 5.57. The predicted molar refractivity (Wildman–Crippen MR) is 122 cm³/mol. The van der Waals surface area contributed by atoms with Crippen molar-refractivity contribution < 1.29 is 9.84 Å². The molecule has 8 heteroatoms. The van der Waals surface area contributed by atoms with Gasteiger partial charge in [-0.2, -0.15) is 0 Å². The molecular weight excluding hydrogens is 532 g/mol. The van der Waals surface area contributed by atoms with Crippen LogP contribution in [-0.2, 0) is 5.60 Å². The van der Waals surface area contributed by atoms with Gasteiger partial charge in [-0.15, -0.1) is 24.0 Å². The number of hydrogen-bond acceptors (Lipinski definition) is 3. The Morgan fingerprint density at radius 2 is 1.96 bits per heavy atom. The quantitative estimate of drug-likeness (QED) is 0.274. The van der Waals surface area contributed by atoms with Crippen LogP contribution in [0.1, 0.15) is 18.9 Å². The topological polar surface area (TPSA) is 79.9 Å². The summed E-state index contributed by atoms with van der Waals surface area (Å²) in [5.74, 6) is 0.781. The van der Waals surface area contributed by atoms with Gasteiger partial charge in [0.25, 0.3) is 0 Å². The Kier molecular flexibility index (Phi) is 9.15. The first-order valence-corrected chi connectivity index (χ1v) is 8.94. The van der Waals surface area contributed by atoms with Crippen LogP contribution in [0, 0.1) is 0 Å². The maximum atomic E-state index is 10.9. The summed E-state index contributed by atoms with van der Waals surface area (Å²) >= 11 is 9.48. The smallest absolute Gasteiger partial charge is 0.193 e. The Labute approximate surface area is 184 Å². The third-order valence-electron chi connectivity index (χ3n) is 3.90. The SMILES string of the molecule is CCC(O)(CN=C(N)Nc1ccc(OC)c(Cl)c1)c1ccc(Br)cc1.I. The van der Waals surface area contributed by atoms with Gasteiger partial charge in [0.2, 0.25) is 0 Å². The Bertz CT molecular complexity index is 759. The highest BCUT2D eigenvalue weighted by atomic mass is 127. The van der Waals surface area contributed by atoms with E-state index in [4.69, 9.17) is 22.1 Å². The number of methoxy groups -OCH3 is 1. The van der Waals surface area contributed by atoms with E-state index in [1.165, 1.54) is 0 Å². The summed E-state index contributed by atoms with van der Waals surface area (Å²) in [6, 6.07) is 12.7. The van der Waals surface area contributed by atoms with E-state index in [1.807, 2.05) is 31.2 Å². The van der Waals surface area contributed by atoms with Gasteiger partial charge in [0.05, 0.1) is 18.7 Å². The number of nitrogens with two attached hydrogens (primary N) is 1. The fourth-order valence-corrected chi connectivity index (χ4v) is 2.84. The Morgan fingerprint density at radius 3 is 2.50 bits per heavy atom. The van der Waals surface area contributed by atoms with Gasteiger partial charge in [0.15, 0.2) is 5.96 Å². The number of benzene rings is 2. The van der Waals surface area contributed by atoms with Gasteiger partial charge in [0, 0.05) is 10.2 Å². The minimum Gasteiger partial charge on any atom is -0.495 e. The first-order chi connectivity index (χ1) is 11.9. The Hall–Kier alpha value is -1.03. The maximum absolute atomic E-state index is 10.9. The van der Waals surface area contributed by atoms with E-state index in [0.29, 0.717) is 22.9 Å². The normalized spacial score (nSPS) is 13.5. The molecule has 5 nitrogen and oxygen atoms in total. The first kappa shape index (κ1) is 23.0. The second-order valence-corrected chi connectivity index (χ2v) is 6.89. The number of guanidine groups is 1. The molecule has 0 aromatic heterocycles. The molecule has 2 rings (SSSR count). The van der Waals surface area contributed by atoms with Crippen molar-refractivity contribution >= 4 is 63.2 Å². The highest BCUT2D eigenvalue weighted by Crippen LogP contribution is 2.28. The standard InChI is InChI=1S/C18H21BrClN3O2.HI/c1-3-18(24,12-4-6-13(19)7-5-12)11-22-17(21)23-14-8-9-16(25-2)15(20)10-14;/h4-10,24H,3,11H2,1-2H3,(H3,21,22,23);1H. The molecule has 0 aliphatic heterocycles. The first-order valence-electron chi connectivity index (χ1n) is 7.77. The minimum atomic E-state index is -1.08. The van der Waals surface area contributed by atoms with Gasteiger partial charge < -0.3 is 20.9 Å². The number of rotatable bonds is 6. The maximum Gasteiger partial charge on any atom is 0.193 e. The molecule has 0 heterocycles. The van der Waals surface area contributed by atoms with E-state index in [0.717, 1.165) is 10.0 Å². The van der Waals surface area contributed by atoms with Crippen molar-refractivity contribution in [2.75, 3.05) is 19.0 Å². The van der Waals surface area contributed by atoms with Gasteiger partial charge in [-0.3, -0.25) is 0 Å². The summed E-state index contributed by atoms with van der Waals surface area (Å²) in [6.45, 7) is 2.05. The number of ether oxygens (including phenoxy) is 1. The summed E-state index contributed by atoms with van der Waals surface area (Å²) < 4.78 is 6.07. The van der Waals surface area contributed by atoms with E-state index in [-0.39, 0.29) is 36.5 Å². The molecule has 26 heavy (non-hydrogen) atoms. The molecule has 0 spiro atoms.